The molecule has 3 nitrogen and oxygen atoms in total. The molecule has 1 heterocycles. The number of nitrogens with one attached hydrogen (secondary N) is 1. The van der Waals surface area contributed by atoms with Crippen molar-refractivity contribution in [1.82, 2.24) is 0 Å². The van der Waals surface area contributed by atoms with Gasteiger partial charge < -0.3 is 11.1 Å². The number of benzene rings is 1. The number of nitrogen functional groups attached to an aromatic ring is 1. The van der Waals surface area contributed by atoms with Crippen molar-refractivity contribution >= 4 is 60.5 Å². The van der Waals surface area contributed by atoms with Crippen molar-refractivity contribution in [2.24, 2.45) is 0 Å². The van der Waals surface area contributed by atoms with Gasteiger partial charge in [0.2, 0.25) is 0 Å². The molecule has 94 valence electrons. The van der Waals surface area contributed by atoms with E-state index in [-0.39, 0.29) is 5.91 Å². The Bertz CT molecular complexity index is 587. The first-order valence-electron chi connectivity index (χ1n) is 5.07. The van der Waals surface area contributed by atoms with E-state index in [2.05, 4.69) is 37.2 Å². The second kappa shape index (κ2) is 5.42. The second-order valence-corrected chi connectivity index (χ2v) is 6.29. The van der Waals surface area contributed by atoms with Crippen molar-refractivity contribution < 1.29 is 4.79 Å². The average Bonchev–Trinajstić information content (AvgIpc) is 2.69. The highest BCUT2D eigenvalue weighted by Gasteiger charge is 2.14. The molecule has 0 atom stereocenters. The number of hydrogen-bond donors (Lipinski definition) is 2. The fraction of sp³-hybridized carbons (Fsp3) is 0.0833. The first-order valence-corrected chi connectivity index (χ1v) is 7.60. The van der Waals surface area contributed by atoms with Crippen molar-refractivity contribution in [3.63, 3.8) is 0 Å². The highest BCUT2D eigenvalue weighted by Crippen LogP contribution is 2.33. The third-order valence-corrected chi connectivity index (χ3v) is 4.37. The van der Waals surface area contributed by atoms with E-state index < -0.39 is 0 Å². The van der Waals surface area contributed by atoms with Gasteiger partial charge >= 0.3 is 0 Å². The third kappa shape index (κ3) is 2.76. The number of halogens is 2. The molecule has 18 heavy (non-hydrogen) atoms. The van der Waals surface area contributed by atoms with E-state index in [1.807, 2.05) is 23.8 Å². The van der Waals surface area contributed by atoms with Crippen LogP contribution in [-0.4, -0.2) is 5.91 Å². The van der Waals surface area contributed by atoms with Crippen LogP contribution in [0.15, 0.2) is 31.8 Å². The number of carbonyl (C=O) groups is 1. The summed E-state index contributed by atoms with van der Waals surface area (Å²) < 4.78 is 1.60. The minimum absolute atomic E-state index is 0.150. The number of thiophene rings is 1. The van der Waals surface area contributed by atoms with Gasteiger partial charge in [0.25, 0.3) is 5.91 Å². The average molecular weight is 390 g/mol. The molecule has 0 bridgehead atoms. The summed E-state index contributed by atoms with van der Waals surface area (Å²) in [6.07, 6.45) is 0. The number of rotatable bonds is 2. The van der Waals surface area contributed by atoms with E-state index in [1.165, 1.54) is 11.3 Å². The van der Waals surface area contributed by atoms with Crippen molar-refractivity contribution in [3.8, 4) is 0 Å². The lowest BCUT2D eigenvalue weighted by Gasteiger charge is -2.11. The SMILES string of the molecule is Cc1cscc1C(=O)Nc1c(N)cc(Br)cc1Br. The van der Waals surface area contributed by atoms with Gasteiger partial charge in [0, 0.05) is 14.3 Å². The standard InChI is InChI=1S/C12H10Br2N2OS/c1-6-4-18-5-8(6)12(17)16-11-9(14)2-7(13)3-10(11)15/h2-5H,15H2,1H3,(H,16,17). The molecule has 0 aliphatic carbocycles. The van der Waals surface area contributed by atoms with Crippen LogP contribution in [-0.2, 0) is 0 Å². The van der Waals surface area contributed by atoms with Crippen molar-refractivity contribution in [2.75, 3.05) is 11.1 Å². The summed E-state index contributed by atoms with van der Waals surface area (Å²) in [5, 5.41) is 6.59. The van der Waals surface area contributed by atoms with Gasteiger partial charge in [0.05, 0.1) is 16.9 Å². The molecular weight excluding hydrogens is 380 g/mol. The van der Waals surface area contributed by atoms with E-state index >= 15 is 0 Å². The Balaban J connectivity index is 2.31. The molecular formula is C12H10Br2N2OS. The lowest BCUT2D eigenvalue weighted by Crippen LogP contribution is -2.13. The summed E-state index contributed by atoms with van der Waals surface area (Å²) in [7, 11) is 0. The number of nitrogens with two attached hydrogens (primary N) is 1. The van der Waals surface area contributed by atoms with Gasteiger partial charge in [-0.3, -0.25) is 4.79 Å². The Labute approximate surface area is 126 Å². The van der Waals surface area contributed by atoms with Crippen LogP contribution in [0.4, 0.5) is 11.4 Å². The molecule has 3 N–H and O–H groups in total. The number of carbonyl (C=O) groups excluding carboxylic acids is 1. The van der Waals surface area contributed by atoms with E-state index in [4.69, 9.17) is 5.73 Å². The monoisotopic (exact) mass is 388 g/mol. The molecule has 0 aliphatic rings. The fourth-order valence-corrected chi connectivity index (χ4v) is 3.68. The maximum atomic E-state index is 12.1. The number of aryl methyl sites for hydroxylation is 1. The minimum atomic E-state index is -0.150. The fourth-order valence-electron chi connectivity index (χ4n) is 1.50. The Morgan fingerprint density at radius 2 is 2.06 bits per heavy atom. The summed E-state index contributed by atoms with van der Waals surface area (Å²) in [5.41, 5.74) is 8.63. The van der Waals surface area contributed by atoms with Gasteiger partial charge in [-0.15, -0.1) is 0 Å². The Hall–Kier alpha value is -0.850. The van der Waals surface area contributed by atoms with Gasteiger partial charge in [0.15, 0.2) is 0 Å². The van der Waals surface area contributed by atoms with Crippen LogP contribution >= 0.6 is 43.2 Å². The van der Waals surface area contributed by atoms with E-state index in [1.54, 1.807) is 6.07 Å². The molecule has 0 spiro atoms. The predicted octanol–water partition coefficient (Wildman–Crippen LogP) is 4.42. The van der Waals surface area contributed by atoms with Crippen LogP contribution in [0.2, 0.25) is 0 Å². The zero-order valence-electron chi connectivity index (χ0n) is 9.46. The molecule has 0 saturated carbocycles. The van der Waals surface area contributed by atoms with Crippen LogP contribution in [0, 0.1) is 6.92 Å². The lowest BCUT2D eigenvalue weighted by atomic mass is 10.2. The summed E-state index contributed by atoms with van der Waals surface area (Å²) in [6.45, 7) is 1.91. The topological polar surface area (TPSA) is 55.1 Å². The van der Waals surface area contributed by atoms with Crippen LogP contribution in [0.25, 0.3) is 0 Å². The number of hydrogen-bond acceptors (Lipinski definition) is 3. The molecule has 0 aliphatic heterocycles. The van der Waals surface area contributed by atoms with Crippen molar-refractivity contribution in [3.05, 3.63) is 43.0 Å². The Morgan fingerprint density at radius 1 is 1.33 bits per heavy atom. The number of amides is 1. The first-order chi connectivity index (χ1) is 8.49. The van der Waals surface area contributed by atoms with Crippen molar-refractivity contribution in [2.45, 2.75) is 6.92 Å². The molecule has 6 heteroatoms. The molecule has 1 amide bonds. The molecule has 1 aromatic carbocycles. The second-order valence-electron chi connectivity index (χ2n) is 3.77. The zero-order valence-corrected chi connectivity index (χ0v) is 13.4. The molecule has 0 fully saturated rings. The summed E-state index contributed by atoms with van der Waals surface area (Å²) >= 11 is 8.23. The lowest BCUT2D eigenvalue weighted by molar-refractivity contribution is 0.102. The van der Waals surface area contributed by atoms with Gasteiger partial charge in [-0.05, 0) is 45.9 Å². The Morgan fingerprint density at radius 3 is 2.61 bits per heavy atom. The first kappa shape index (κ1) is 13.6. The normalized spacial score (nSPS) is 10.4. The molecule has 0 unspecified atom stereocenters. The molecule has 2 aromatic rings. The summed E-state index contributed by atoms with van der Waals surface area (Å²) in [6, 6.07) is 3.59. The zero-order chi connectivity index (χ0) is 13.3. The largest absolute Gasteiger partial charge is 0.397 e. The van der Waals surface area contributed by atoms with Gasteiger partial charge in [-0.25, -0.2) is 0 Å². The minimum Gasteiger partial charge on any atom is -0.397 e. The van der Waals surface area contributed by atoms with Crippen LogP contribution in [0.1, 0.15) is 15.9 Å². The van der Waals surface area contributed by atoms with Gasteiger partial charge in [-0.2, -0.15) is 11.3 Å². The van der Waals surface area contributed by atoms with Gasteiger partial charge in [0.1, 0.15) is 0 Å². The Kier molecular flexibility index (Phi) is 4.09. The maximum absolute atomic E-state index is 12.1. The van der Waals surface area contributed by atoms with Crippen molar-refractivity contribution in [1.29, 1.82) is 0 Å². The van der Waals surface area contributed by atoms with Crippen LogP contribution in [0.5, 0.6) is 0 Å². The predicted molar refractivity (Wildman–Crippen MR) is 83.3 cm³/mol. The molecule has 1 aromatic heterocycles. The van der Waals surface area contributed by atoms with E-state index in [0.29, 0.717) is 16.9 Å². The van der Waals surface area contributed by atoms with E-state index in [0.717, 1.165) is 14.5 Å². The quantitative estimate of drug-likeness (QED) is 0.747. The van der Waals surface area contributed by atoms with Crippen LogP contribution < -0.4 is 11.1 Å². The summed E-state index contributed by atoms with van der Waals surface area (Å²) in [4.78, 5) is 12.1. The third-order valence-electron chi connectivity index (χ3n) is 2.42. The highest BCUT2D eigenvalue weighted by molar-refractivity contribution is 9.11. The highest BCUT2D eigenvalue weighted by atomic mass is 79.9. The molecule has 0 radical (unpaired) electrons. The summed E-state index contributed by atoms with van der Waals surface area (Å²) in [5.74, 6) is -0.150. The molecule has 2 rings (SSSR count). The maximum Gasteiger partial charge on any atom is 0.256 e. The molecule has 0 saturated heterocycles. The van der Waals surface area contributed by atoms with Gasteiger partial charge in [-0.1, -0.05) is 15.9 Å². The smallest absolute Gasteiger partial charge is 0.256 e. The number of anilines is 2. The van der Waals surface area contributed by atoms with Crippen LogP contribution in [0.3, 0.4) is 0 Å². The van der Waals surface area contributed by atoms with E-state index in [9.17, 15) is 4.79 Å².